The quantitative estimate of drug-likeness (QED) is 0.469. The molecule has 1 rings (SSSR count). The van der Waals surface area contributed by atoms with Crippen LogP contribution in [0.4, 0.5) is 10.1 Å². The number of hydrogen-bond donors (Lipinski definition) is 0. The number of benzene rings is 1. The molecule has 0 aromatic heterocycles. The summed E-state index contributed by atoms with van der Waals surface area (Å²) in [6.07, 6.45) is 0. The molecule has 0 aliphatic heterocycles. The number of nitrogens with zero attached hydrogens (tertiary/aromatic N) is 2. The Morgan fingerprint density at radius 2 is 2.11 bits per heavy atom. The van der Waals surface area contributed by atoms with E-state index in [1.165, 1.54) is 7.05 Å². The largest absolute Gasteiger partial charge is 0.292 e. The topological polar surface area (TPSA) is 80.5 Å². The third-order valence-corrected chi connectivity index (χ3v) is 4.28. The smallest absolute Gasteiger partial charge is 0.258 e. The highest BCUT2D eigenvalue weighted by atomic mass is 35.5. The molecule has 0 heterocycles. The molecule has 1 aromatic rings. The summed E-state index contributed by atoms with van der Waals surface area (Å²) in [5.74, 6) is -0.828. The van der Waals surface area contributed by atoms with Gasteiger partial charge in [-0.15, -0.1) is 11.6 Å². The molecule has 0 aliphatic carbocycles. The highest BCUT2D eigenvalue weighted by molar-refractivity contribution is 7.89. The van der Waals surface area contributed by atoms with Gasteiger partial charge in [-0.05, 0) is 12.1 Å². The fourth-order valence-electron chi connectivity index (χ4n) is 1.26. The second-order valence-electron chi connectivity index (χ2n) is 3.38. The van der Waals surface area contributed by atoms with Gasteiger partial charge in [0.2, 0.25) is 10.0 Å². The van der Waals surface area contributed by atoms with E-state index in [2.05, 4.69) is 0 Å². The van der Waals surface area contributed by atoms with Gasteiger partial charge in [-0.1, -0.05) is 0 Å². The molecule has 100 valence electrons. The SMILES string of the molecule is CN(CCCl)S(=O)(=O)c1ccc(F)cc1[N+](=O)[O-]. The fourth-order valence-corrected chi connectivity index (χ4v) is 2.92. The van der Waals surface area contributed by atoms with Crippen molar-refractivity contribution in [2.45, 2.75) is 4.90 Å². The maximum absolute atomic E-state index is 12.9. The Morgan fingerprint density at radius 3 is 2.61 bits per heavy atom. The standard InChI is InChI=1S/C9H10ClFN2O4S/c1-12(5-4-10)18(16,17)9-3-2-7(11)6-8(9)13(14)15/h2-3,6H,4-5H2,1H3. The number of halogens is 2. The molecule has 0 spiro atoms. The summed E-state index contributed by atoms with van der Waals surface area (Å²) in [4.78, 5) is 9.24. The van der Waals surface area contributed by atoms with Gasteiger partial charge in [0.25, 0.3) is 5.69 Å². The van der Waals surface area contributed by atoms with Gasteiger partial charge in [0.1, 0.15) is 5.82 Å². The second-order valence-corrected chi connectivity index (χ2v) is 5.78. The molecular formula is C9H10ClFN2O4S. The van der Waals surface area contributed by atoms with E-state index in [0.717, 1.165) is 16.4 Å². The molecule has 0 saturated carbocycles. The van der Waals surface area contributed by atoms with Gasteiger partial charge in [0, 0.05) is 19.5 Å². The fraction of sp³-hybridized carbons (Fsp3) is 0.333. The predicted molar refractivity (Wildman–Crippen MR) is 63.6 cm³/mol. The summed E-state index contributed by atoms with van der Waals surface area (Å²) in [5, 5.41) is 10.7. The maximum Gasteiger partial charge on any atom is 0.292 e. The Morgan fingerprint density at radius 1 is 1.50 bits per heavy atom. The molecule has 0 amide bonds. The summed E-state index contributed by atoms with van der Waals surface area (Å²) in [6.45, 7) is -0.00157. The predicted octanol–water partition coefficient (Wildman–Crippen LogP) is 1.59. The van der Waals surface area contributed by atoms with Crippen LogP contribution in [0.15, 0.2) is 23.1 Å². The van der Waals surface area contributed by atoms with Gasteiger partial charge in [-0.3, -0.25) is 10.1 Å². The van der Waals surface area contributed by atoms with Crippen molar-refractivity contribution >= 4 is 27.3 Å². The monoisotopic (exact) mass is 296 g/mol. The molecule has 0 N–H and O–H groups in total. The third-order valence-electron chi connectivity index (χ3n) is 2.21. The summed E-state index contributed by atoms with van der Waals surface area (Å²) < 4.78 is 37.8. The molecule has 6 nitrogen and oxygen atoms in total. The minimum Gasteiger partial charge on any atom is -0.258 e. The van der Waals surface area contributed by atoms with Crippen molar-refractivity contribution in [1.29, 1.82) is 0 Å². The van der Waals surface area contributed by atoms with E-state index >= 15 is 0 Å². The van der Waals surface area contributed by atoms with Crippen molar-refractivity contribution < 1.29 is 17.7 Å². The zero-order valence-corrected chi connectivity index (χ0v) is 10.9. The number of nitro benzene ring substituents is 1. The summed E-state index contributed by atoms with van der Waals surface area (Å²) in [5.41, 5.74) is -0.795. The van der Waals surface area contributed by atoms with Crippen LogP contribution in [-0.4, -0.2) is 37.1 Å². The van der Waals surface area contributed by atoms with E-state index in [1.807, 2.05) is 0 Å². The van der Waals surface area contributed by atoms with Crippen LogP contribution < -0.4 is 0 Å². The first-order valence-corrected chi connectivity index (χ1v) is 6.74. The van der Waals surface area contributed by atoms with Crippen molar-refractivity contribution in [2.75, 3.05) is 19.5 Å². The zero-order chi connectivity index (χ0) is 13.9. The van der Waals surface area contributed by atoms with Crippen molar-refractivity contribution in [3.8, 4) is 0 Å². The highest BCUT2D eigenvalue weighted by Gasteiger charge is 2.29. The minimum absolute atomic E-state index is 0.00157. The van der Waals surface area contributed by atoms with Crippen molar-refractivity contribution in [3.05, 3.63) is 34.1 Å². The van der Waals surface area contributed by atoms with Crippen molar-refractivity contribution in [3.63, 3.8) is 0 Å². The van der Waals surface area contributed by atoms with Crippen LogP contribution in [0, 0.1) is 15.9 Å². The molecule has 0 atom stereocenters. The van der Waals surface area contributed by atoms with Crippen LogP contribution in [-0.2, 0) is 10.0 Å². The van der Waals surface area contributed by atoms with E-state index in [4.69, 9.17) is 11.6 Å². The average Bonchev–Trinajstić information content (AvgIpc) is 2.28. The lowest BCUT2D eigenvalue weighted by Crippen LogP contribution is -2.29. The molecule has 0 unspecified atom stereocenters. The van der Waals surface area contributed by atoms with E-state index in [9.17, 15) is 22.9 Å². The Balaban J connectivity index is 3.37. The number of hydrogen-bond acceptors (Lipinski definition) is 4. The summed E-state index contributed by atoms with van der Waals surface area (Å²) >= 11 is 5.42. The lowest BCUT2D eigenvalue weighted by molar-refractivity contribution is -0.388. The number of sulfonamides is 1. The number of alkyl halides is 1. The second kappa shape index (κ2) is 5.59. The highest BCUT2D eigenvalue weighted by Crippen LogP contribution is 2.26. The van der Waals surface area contributed by atoms with Crippen LogP contribution in [0.1, 0.15) is 0 Å². The molecule has 0 radical (unpaired) electrons. The van der Waals surface area contributed by atoms with Gasteiger partial charge in [-0.25, -0.2) is 12.8 Å². The Bertz CT molecular complexity index is 564. The maximum atomic E-state index is 12.9. The molecule has 0 aliphatic rings. The minimum atomic E-state index is -4.05. The van der Waals surface area contributed by atoms with Crippen LogP contribution in [0.2, 0.25) is 0 Å². The molecule has 1 aromatic carbocycles. The lowest BCUT2D eigenvalue weighted by atomic mass is 10.3. The molecule has 0 bridgehead atoms. The number of nitro groups is 1. The molecule has 0 saturated heterocycles. The van der Waals surface area contributed by atoms with E-state index in [-0.39, 0.29) is 12.4 Å². The van der Waals surface area contributed by atoms with E-state index in [0.29, 0.717) is 6.07 Å². The number of rotatable bonds is 5. The van der Waals surface area contributed by atoms with Gasteiger partial charge < -0.3 is 0 Å². The first-order chi connectivity index (χ1) is 8.30. The Kier molecular flexibility index (Phi) is 4.60. The third kappa shape index (κ3) is 2.95. The normalized spacial score (nSPS) is 11.8. The van der Waals surface area contributed by atoms with E-state index < -0.39 is 31.3 Å². The lowest BCUT2D eigenvalue weighted by Gasteiger charge is -2.15. The van der Waals surface area contributed by atoms with Crippen LogP contribution in [0.25, 0.3) is 0 Å². The Hall–Kier alpha value is -1.25. The molecular weight excluding hydrogens is 287 g/mol. The van der Waals surface area contributed by atoms with E-state index in [1.54, 1.807) is 0 Å². The first kappa shape index (κ1) is 14.8. The van der Waals surface area contributed by atoms with Gasteiger partial charge >= 0.3 is 0 Å². The van der Waals surface area contributed by atoms with Crippen LogP contribution in [0.3, 0.4) is 0 Å². The van der Waals surface area contributed by atoms with Crippen molar-refractivity contribution in [1.82, 2.24) is 4.31 Å². The molecule has 18 heavy (non-hydrogen) atoms. The zero-order valence-electron chi connectivity index (χ0n) is 9.34. The van der Waals surface area contributed by atoms with Gasteiger partial charge in [-0.2, -0.15) is 4.31 Å². The van der Waals surface area contributed by atoms with Crippen LogP contribution >= 0.6 is 11.6 Å². The van der Waals surface area contributed by atoms with Gasteiger partial charge in [0.15, 0.2) is 4.90 Å². The summed E-state index contributed by atoms with van der Waals surface area (Å²) in [7, 11) is -2.81. The molecule has 9 heteroatoms. The molecule has 0 fully saturated rings. The summed E-state index contributed by atoms with van der Waals surface area (Å²) in [6, 6.07) is 2.30. The first-order valence-electron chi connectivity index (χ1n) is 4.77. The Labute approximate surface area is 108 Å². The van der Waals surface area contributed by atoms with Gasteiger partial charge in [0.05, 0.1) is 11.0 Å². The van der Waals surface area contributed by atoms with Crippen LogP contribution in [0.5, 0.6) is 0 Å². The average molecular weight is 297 g/mol. The van der Waals surface area contributed by atoms with Crippen molar-refractivity contribution in [2.24, 2.45) is 0 Å².